The van der Waals surface area contributed by atoms with E-state index in [1.54, 1.807) is 96.3 Å². The summed E-state index contributed by atoms with van der Waals surface area (Å²) in [5.74, 6) is 0.778. The van der Waals surface area contributed by atoms with Crippen LogP contribution in [0.25, 0.3) is 5.57 Å². The SMILES string of the molecule is C1CCC([PH+](C2CCCCC2)C2CCCCC2)CC1.Cc1cc(C)c(N2[CH-]N(c3c(C)cc(C)cc3C)CC2)c(C)c1.[Cl][Ru]([Cl])=[C]1C=C(c2ccccc2)C2C=CC=CC12. The zero-order valence-electron chi connectivity index (χ0n) is 37.6. The molecular formula is C54H73Cl2N2PRu. The van der Waals surface area contributed by atoms with Gasteiger partial charge >= 0.3 is 121 Å². The molecule has 2 unspecified atom stereocenters. The van der Waals surface area contributed by atoms with Crippen molar-refractivity contribution < 1.29 is 13.5 Å². The summed E-state index contributed by atoms with van der Waals surface area (Å²) >= 11 is -1.82. The summed E-state index contributed by atoms with van der Waals surface area (Å²) in [5.41, 5.74) is 17.1. The van der Waals surface area contributed by atoms with E-state index in [4.69, 9.17) is 19.4 Å². The van der Waals surface area contributed by atoms with Gasteiger partial charge in [0.05, 0.1) is 17.0 Å². The molecule has 1 aliphatic heterocycles. The van der Waals surface area contributed by atoms with Crippen LogP contribution in [0, 0.1) is 60.0 Å². The third kappa shape index (κ3) is 11.4. The number of benzene rings is 3. The van der Waals surface area contributed by atoms with Crippen LogP contribution >= 0.6 is 27.3 Å². The molecule has 0 amide bonds. The van der Waals surface area contributed by atoms with Gasteiger partial charge in [0.25, 0.3) is 0 Å². The summed E-state index contributed by atoms with van der Waals surface area (Å²) in [5, 5.41) is 0. The Bertz CT molecular complexity index is 1860. The van der Waals surface area contributed by atoms with Crippen LogP contribution in [0.4, 0.5) is 11.4 Å². The van der Waals surface area contributed by atoms with E-state index in [2.05, 4.69) is 137 Å². The van der Waals surface area contributed by atoms with Crippen molar-refractivity contribution in [3.8, 4) is 0 Å². The first-order chi connectivity index (χ1) is 29.1. The number of anilines is 2. The van der Waals surface area contributed by atoms with Crippen molar-refractivity contribution in [2.45, 2.75) is 155 Å². The summed E-state index contributed by atoms with van der Waals surface area (Å²) in [6.07, 6.45) is 34.7. The van der Waals surface area contributed by atoms with E-state index in [1.807, 2.05) is 6.07 Å². The van der Waals surface area contributed by atoms with Crippen LogP contribution in [-0.4, -0.2) is 34.2 Å². The van der Waals surface area contributed by atoms with E-state index in [-0.39, 0.29) is 7.92 Å². The molecular weight excluding hydrogens is 880 g/mol. The van der Waals surface area contributed by atoms with Crippen LogP contribution < -0.4 is 9.80 Å². The molecule has 0 spiro atoms. The third-order valence-corrected chi connectivity index (χ3v) is 22.3. The monoisotopic (exact) mass is 952 g/mol. The van der Waals surface area contributed by atoms with Gasteiger partial charge in [0, 0.05) is 32.4 Å². The van der Waals surface area contributed by atoms with E-state index in [0.29, 0.717) is 11.8 Å². The summed E-state index contributed by atoms with van der Waals surface area (Å²) < 4.78 is 1.24. The molecule has 6 heteroatoms. The first-order valence-electron chi connectivity index (χ1n) is 23.5. The fraction of sp³-hybridized carbons (Fsp3) is 0.519. The molecule has 5 aliphatic carbocycles. The maximum absolute atomic E-state index is 6.23. The van der Waals surface area contributed by atoms with Crippen LogP contribution in [0.2, 0.25) is 0 Å². The molecule has 3 saturated carbocycles. The predicted octanol–water partition coefficient (Wildman–Crippen LogP) is 15.7. The summed E-state index contributed by atoms with van der Waals surface area (Å²) in [6, 6.07) is 19.6. The fourth-order valence-electron chi connectivity index (χ4n) is 11.9. The molecule has 0 N–H and O–H groups in total. The van der Waals surface area contributed by atoms with Crippen molar-refractivity contribution in [3.05, 3.63) is 131 Å². The van der Waals surface area contributed by atoms with Crippen molar-refractivity contribution in [2.24, 2.45) is 11.8 Å². The van der Waals surface area contributed by atoms with E-state index >= 15 is 0 Å². The van der Waals surface area contributed by atoms with Gasteiger partial charge < -0.3 is 9.80 Å². The van der Waals surface area contributed by atoms with E-state index in [9.17, 15) is 0 Å². The number of aryl methyl sites for hydroxylation is 6. The molecule has 9 rings (SSSR count). The van der Waals surface area contributed by atoms with Crippen molar-refractivity contribution in [1.29, 1.82) is 0 Å². The second-order valence-electron chi connectivity index (χ2n) is 18.8. The number of hydrogen-bond acceptors (Lipinski definition) is 2. The Morgan fingerprint density at radius 3 is 1.35 bits per heavy atom. The van der Waals surface area contributed by atoms with Crippen LogP contribution in [0.15, 0.2) is 85.0 Å². The number of nitrogens with zero attached hydrogens (tertiary/aromatic N) is 2. The Kier molecular flexibility index (Phi) is 16.9. The summed E-state index contributed by atoms with van der Waals surface area (Å²) in [4.78, 5) is 4.81. The molecule has 6 aliphatic rings. The van der Waals surface area contributed by atoms with Gasteiger partial charge in [0.2, 0.25) is 0 Å². The molecule has 2 nitrogen and oxygen atoms in total. The number of hydrogen-bond donors (Lipinski definition) is 0. The van der Waals surface area contributed by atoms with E-state index < -0.39 is 13.5 Å². The average Bonchev–Trinajstić information content (AvgIpc) is 3.88. The number of halogens is 2. The number of rotatable bonds is 6. The van der Waals surface area contributed by atoms with Gasteiger partial charge in [0.1, 0.15) is 0 Å². The molecule has 0 radical (unpaired) electrons. The summed E-state index contributed by atoms with van der Waals surface area (Å²) in [7, 11) is 12.4. The van der Waals surface area contributed by atoms with E-state index in [1.165, 1.54) is 77.0 Å². The first-order valence-corrected chi connectivity index (χ1v) is 30.6. The van der Waals surface area contributed by atoms with Crippen LogP contribution in [0.5, 0.6) is 0 Å². The van der Waals surface area contributed by atoms with Gasteiger partial charge in [-0.1, -0.05) is 54.7 Å². The molecule has 1 heterocycles. The Morgan fingerprint density at radius 2 is 0.950 bits per heavy atom. The van der Waals surface area contributed by atoms with Gasteiger partial charge in [-0.2, -0.15) is 6.67 Å². The minimum absolute atomic E-state index is 0.0465. The normalized spacial score (nSPS) is 22.6. The molecule has 1 saturated heterocycles. The topological polar surface area (TPSA) is 6.48 Å². The number of allylic oxidation sites excluding steroid dienone is 6. The number of fused-ring (bicyclic) bond motifs is 1. The summed E-state index contributed by atoms with van der Waals surface area (Å²) in [6.45, 7) is 17.6. The molecule has 60 heavy (non-hydrogen) atoms. The van der Waals surface area contributed by atoms with Gasteiger partial charge in [-0.05, 0) is 141 Å². The average molecular weight is 953 g/mol. The second-order valence-corrected chi connectivity index (χ2v) is 28.2. The van der Waals surface area contributed by atoms with Gasteiger partial charge in [-0.3, -0.25) is 0 Å². The van der Waals surface area contributed by atoms with Crippen LogP contribution in [0.1, 0.15) is 135 Å². The Hall–Kier alpha value is -2.02. The van der Waals surface area contributed by atoms with Crippen LogP contribution in [-0.2, 0) is 13.5 Å². The zero-order chi connectivity index (χ0) is 42.2. The van der Waals surface area contributed by atoms with Gasteiger partial charge in [-0.15, -0.1) is 0 Å². The maximum atomic E-state index is 6.23. The second kappa shape index (κ2) is 22.1. The van der Waals surface area contributed by atoms with Crippen molar-refractivity contribution in [3.63, 3.8) is 0 Å². The molecule has 4 fully saturated rings. The Labute approximate surface area is 379 Å². The quantitative estimate of drug-likeness (QED) is 0.138. The molecule has 326 valence electrons. The molecule has 3 aromatic rings. The Morgan fingerprint density at radius 1 is 0.550 bits per heavy atom. The van der Waals surface area contributed by atoms with E-state index in [0.717, 1.165) is 13.1 Å². The molecule has 3 aromatic carbocycles. The fourth-order valence-corrected chi connectivity index (χ4v) is 20.0. The molecule has 2 atom stereocenters. The molecule has 0 aromatic heterocycles. The first kappa shape index (κ1) is 46.0. The van der Waals surface area contributed by atoms with Crippen molar-refractivity contribution in [2.75, 3.05) is 22.9 Å². The zero-order valence-corrected chi connectivity index (χ0v) is 41.8. The van der Waals surface area contributed by atoms with Crippen LogP contribution in [0.3, 0.4) is 0 Å². The Balaban J connectivity index is 0.000000137. The standard InChI is InChI=1S/C21H27N2.C18H33P.C15H12.2ClH.Ru/c1-14-9-16(3)20(17(4)10-14)22-7-8-23(13-22)21-18(5)11-15(2)12-19(21)6;1-4-10-16(11-5-1)19(17-12-6-2-7-13-17)18-14-8-3-9-15-18;1-2-6-12(7-3-1)15-11-10-13-8-4-5-9-14(13)15;;;/h9-13H,7-8H2,1-6H3;16-18H,1-15H2;1-9,11,13-14H;2*1H;/q-1;;;;;+2/p-1. The van der Waals surface area contributed by atoms with Crippen molar-refractivity contribution in [1.82, 2.24) is 0 Å². The third-order valence-electron chi connectivity index (χ3n) is 14.3. The molecule has 0 bridgehead atoms. The van der Waals surface area contributed by atoms with Crippen molar-refractivity contribution >= 4 is 48.4 Å². The minimum atomic E-state index is -1.82. The van der Waals surface area contributed by atoms with Gasteiger partial charge in [-0.25, -0.2) is 0 Å². The van der Waals surface area contributed by atoms with Gasteiger partial charge in [0.15, 0.2) is 0 Å². The predicted molar refractivity (Wildman–Crippen MR) is 266 cm³/mol.